The van der Waals surface area contributed by atoms with Crippen LogP contribution in [-0.2, 0) is 20.9 Å². The number of carbonyl (C=O) groups is 2. The van der Waals surface area contributed by atoms with Gasteiger partial charge in [-0.3, -0.25) is 9.59 Å². The number of ether oxygens (including phenoxy) is 1. The van der Waals surface area contributed by atoms with Gasteiger partial charge in [-0.05, 0) is 5.56 Å². The van der Waals surface area contributed by atoms with Gasteiger partial charge in [-0.1, -0.05) is 58.0 Å². The van der Waals surface area contributed by atoms with Crippen LogP contribution in [0.3, 0.4) is 0 Å². The summed E-state index contributed by atoms with van der Waals surface area (Å²) in [6.45, 7) is 7.57. The van der Waals surface area contributed by atoms with Crippen molar-refractivity contribution in [3.05, 3.63) is 35.9 Å². The van der Waals surface area contributed by atoms with Gasteiger partial charge in [-0.25, -0.2) is 0 Å². The number of carbonyl (C=O) groups excluding carboxylic acids is 2. The third-order valence-electron chi connectivity index (χ3n) is 2.95. The third-order valence-corrected chi connectivity index (χ3v) is 2.95. The SMILES string of the molecule is C[C@H](CC(=O)C(C)(C)C)C(=O)OCc1ccccc1. The van der Waals surface area contributed by atoms with Crippen molar-refractivity contribution in [3.8, 4) is 0 Å². The molecule has 104 valence electrons. The molecule has 19 heavy (non-hydrogen) atoms. The normalized spacial score (nSPS) is 12.8. The molecule has 3 nitrogen and oxygen atoms in total. The van der Waals surface area contributed by atoms with Crippen molar-refractivity contribution in [2.24, 2.45) is 11.3 Å². The molecule has 1 aromatic rings. The van der Waals surface area contributed by atoms with E-state index in [1.807, 2.05) is 51.1 Å². The molecule has 0 N–H and O–H groups in total. The van der Waals surface area contributed by atoms with Gasteiger partial charge in [0.25, 0.3) is 0 Å². The molecule has 1 atom stereocenters. The van der Waals surface area contributed by atoms with E-state index in [1.165, 1.54) is 0 Å². The van der Waals surface area contributed by atoms with E-state index >= 15 is 0 Å². The first kappa shape index (κ1) is 15.4. The second-order valence-electron chi connectivity index (χ2n) is 5.87. The van der Waals surface area contributed by atoms with E-state index in [-0.39, 0.29) is 24.8 Å². The van der Waals surface area contributed by atoms with E-state index in [1.54, 1.807) is 6.92 Å². The van der Waals surface area contributed by atoms with Crippen molar-refractivity contribution in [1.82, 2.24) is 0 Å². The summed E-state index contributed by atoms with van der Waals surface area (Å²) in [4.78, 5) is 23.7. The minimum absolute atomic E-state index is 0.0802. The summed E-state index contributed by atoms with van der Waals surface area (Å²) in [5, 5.41) is 0. The molecular formula is C16H22O3. The van der Waals surface area contributed by atoms with Crippen LogP contribution in [0, 0.1) is 11.3 Å². The summed E-state index contributed by atoms with van der Waals surface area (Å²) in [5.41, 5.74) is 0.540. The average molecular weight is 262 g/mol. The minimum Gasteiger partial charge on any atom is -0.461 e. The Morgan fingerprint density at radius 2 is 1.74 bits per heavy atom. The largest absolute Gasteiger partial charge is 0.461 e. The fraction of sp³-hybridized carbons (Fsp3) is 0.500. The van der Waals surface area contributed by atoms with Crippen molar-refractivity contribution >= 4 is 11.8 Å². The topological polar surface area (TPSA) is 43.4 Å². The second kappa shape index (κ2) is 6.50. The van der Waals surface area contributed by atoms with Crippen LogP contribution in [0.1, 0.15) is 39.7 Å². The first-order chi connectivity index (χ1) is 8.80. The van der Waals surface area contributed by atoms with Gasteiger partial charge in [0.15, 0.2) is 0 Å². The van der Waals surface area contributed by atoms with Crippen molar-refractivity contribution < 1.29 is 14.3 Å². The first-order valence-electron chi connectivity index (χ1n) is 6.54. The highest BCUT2D eigenvalue weighted by Gasteiger charge is 2.26. The Bertz CT molecular complexity index is 429. The molecule has 0 radical (unpaired) electrons. The van der Waals surface area contributed by atoms with Gasteiger partial charge < -0.3 is 4.74 Å². The number of ketones is 1. The van der Waals surface area contributed by atoms with Crippen LogP contribution < -0.4 is 0 Å². The molecule has 0 heterocycles. The molecular weight excluding hydrogens is 240 g/mol. The summed E-state index contributed by atoms with van der Waals surface area (Å²) in [6.07, 6.45) is 0.233. The molecule has 0 amide bonds. The number of benzene rings is 1. The zero-order valence-corrected chi connectivity index (χ0v) is 12.1. The van der Waals surface area contributed by atoms with Gasteiger partial charge in [0.2, 0.25) is 0 Å². The molecule has 0 fully saturated rings. The lowest BCUT2D eigenvalue weighted by molar-refractivity contribution is -0.151. The van der Waals surface area contributed by atoms with Crippen molar-refractivity contribution in [2.45, 2.75) is 40.7 Å². The van der Waals surface area contributed by atoms with Gasteiger partial charge in [0.05, 0.1) is 5.92 Å². The van der Waals surface area contributed by atoms with Crippen LogP contribution in [0.25, 0.3) is 0 Å². The van der Waals surface area contributed by atoms with E-state index in [9.17, 15) is 9.59 Å². The molecule has 0 aliphatic heterocycles. The Hall–Kier alpha value is -1.64. The Morgan fingerprint density at radius 3 is 2.26 bits per heavy atom. The Labute approximate surface area is 115 Å². The van der Waals surface area contributed by atoms with Crippen LogP contribution in [0.4, 0.5) is 0 Å². The molecule has 0 saturated heterocycles. The third kappa shape index (κ3) is 5.25. The molecule has 1 rings (SSSR count). The van der Waals surface area contributed by atoms with Gasteiger partial charge >= 0.3 is 5.97 Å². The Morgan fingerprint density at radius 1 is 1.16 bits per heavy atom. The summed E-state index contributed by atoms with van der Waals surface area (Å²) in [6, 6.07) is 9.51. The summed E-state index contributed by atoms with van der Waals surface area (Å²) in [7, 11) is 0. The zero-order valence-electron chi connectivity index (χ0n) is 12.1. The molecule has 1 aromatic carbocycles. The van der Waals surface area contributed by atoms with Crippen LogP contribution in [0.2, 0.25) is 0 Å². The highest BCUT2D eigenvalue weighted by molar-refractivity contribution is 5.87. The molecule has 0 bridgehead atoms. The number of hydrogen-bond donors (Lipinski definition) is 0. The summed E-state index contributed by atoms with van der Waals surface area (Å²) in [5.74, 6) is -0.631. The number of esters is 1. The van der Waals surface area contributed by atoms with E-state index in [0.717, 1.165) is 5.56 Å². The van der Waals surface area contributed by atoms with Crippen LogP contribution in [-0.4, -0.2) is 11.8 Å². The van der Waals surface area contributed by atoms with Crippen LogP contribution >= 0.6 is 0 Å². The van der Waals surface area contributed by atoms with E-state index in [0.29, 0.717) is 0 Å². The predicted molar refractivity (Wildman–Crippen MR) is 74.5 cm³/mol. The smallest absolute Gasteiger partial charge is 0.309 e. The molecule has 0 unspecified atom stereocenters. The Kier molecular flexibility index (Phi) is 5.28. The molecule has 0 aromatic heterocycles. The van der Waals surface area contributed by atoms with Crippen molar-refractivity contribution in [3.63, 3.8) is 0 Å². The number of hydrogen-bond acceptors (Lipinski definition) is 3. The highest BCUT2D eigenvalue weighted by atomic mass is 16.5. The zero-order chi connectivity index (χ0) is 14.5. The minimum atomic E-state index is -0.409. The molecule has 0 spiro atoms. The fourth-order valence-corrected chi connectivity index (χ4v) is 1.54. The standard InChI is InChI=1S/C16H22O3/c1-12(10-14(17)16(2,3)4)15(18)19-11-13-8-6-5-7-9-13/h5-9,12H,10-11H2,1-4H3/t12-/m1/s1. The lowest BCUT2D eigenvalue weighted by Gasteiger charge is -2.19. The molecule has 3 heteroatoms. The number of rotatable bonds is 5. The quantitative estimate of drug-likeness (QED) is 0.764. The monoisotopic (exact) mass is 262 g/mol. The van der Waals surface area contributed by atoms with Crippen LogP contribution in [0.5, 0.6) is 0 Å². The predicted octanol–water partition coefficient (Wildman–Crippen LogP) is 3.37. The first-order valence-corrected chi connectivity index (χ1v) is 6.54. The van der Waals surface area contributed by atoms with Gasteiger partial charge in [0, 0.05) is 11.8 Å². The van der Waals surface area contributed by atoms with Gasteiger partial charge in [-0.15, -0.1) is 0 Å². The van der Waals surface area contributed by atoms with Crippen molar-refractivity contribution in [2.75, 3.05) is 0 Å². The second-order valence-corrected chi connectivity index (χ2v) is 5.87. The molecule has 0 saturated carbocycles. The highest BCUT2D eigenvalue weighted by Crippen LogP contribution is 2.20. The molecule has 0 aliphatic rings. The van der Waals surface area contributed by atoms with Gasteiger partial charge in [-0.2, -0.15) is 0 Å². The maximum atomic E-state index is 11.8. The Balaban J connectivity index is 2.43. The lowest BCUT2D eigenvalue weighted by Crippen LogP contribution is -2.26. The van der Waals surface area contributed by atoms with Crippen LogP contribution in [0.15, 0.2) is 30.3 Å². The maximum absolute atomic E-state index is 11.8. The summed E-state index contributed by atoms with van der Waals surface area (Å²) >= 11 is 0. The van der Waals surface area contributed by atoms with E-state index < -0.39 is 11.3 Å². The average Bonchev–Trinajstić information content (AvgIpc) is 2.35. The molecule has 0 aliphatic carbocycles. The van der Waals surface area contributed by atoms with Crippen molar-refractivity contribution in [1.29, 1.82) is 0 Å². The lowest BCUT2D eigenvalue weighted by atomic mass is 9.86. The summed E-state index contributed by atoms with van der Waals surface area (Å²) < 4.78 is 5.21. The number of Topliss-reactive ketones (excluding diaryl/α,β-unsaturated/α-hetero) is 1. The maximum Gasteiger partial charge on any atom is 0.309 e. The van der Waals surface area contributed by atoms with Gasteiger partial charge in [0.1, 0.15) is 12.4 Å². The fourth-order valence-electron chi connectivity index (χ4n) is 1.54. The van der Waals surface area contributed by atoms with E-state index in [4.69, 9.17) is 4.74 Å². The van der Waals surface area contributed by atoms with E-state index in [2.05, 4.69) is 0 Å².